The summed E-state index contributed by atoms with van der Waals surface area (Å²) in [5.41, 5.74) is 0.293. The van der Waals surface area contributed by atoms with Crippen LogP contribution in [0.4, 0.5) is 0 Å². The first kappa shape index (κ1) is 12.9. The summed E-state index contributed by atoms with van der Waals surface area (Å²) < 4.78 is 11.3. The third kappa shape index (κ3) is 2.75. The Morgan fingerprint density at radius 3 is 2.70 bits per heavy atom. The number of carboxylic acids is 1. The number of aromatic carboxylic acids is 1. The first-order chi connectivity index (χ1) is 9.72. The molecular formula is C16H16O4. The van der Waals surface area contributed by atoms with E-state index in [1.54, 1.807) is 18.2 Å². The van der Waals surface area contributed by atoms with E-state index in [-0.39, 0.29) is 6.29 Å². The molecule has 0 spiro atoms. The fraction of sp³-hybridized carbons (Fsp3) is 0.312. The van der Waals surface area contributed by atoms with Gasteiger partial charge in [-0.05, 0) is 47.9 Å². The van der Waals surface area contributed by atoms with E-state index in [0.717, 1.165) is 42.4 Å². The fourth-order valence-electron chi connectivity index (χ4n) is 2.39. The molecule has 1 unspecified atom stereocenters. The Labute approximate surface area is 116 Å². The maximum Gasteiger partial charge on any atom is 0.335 e. The Morgan fingerprint density at radius 2 is 1.95 bits per heavy atom. The van der Waals surface area contributed by atoms with Gasteiger partial charge in [0.05, 0.1) is 12.2 Å². The molecule has 4 heteroatoms. The zero-order chi connectivity index (χ0) is 13.9. The zero-order valence-electron chi connectivity index (χ0n) is 11.0. The normalized spacial score (nSPS) is 18.9. The van der Waals surface area contributed by atoms with E-state index in [0.29, 0.717) is 5.56 Å². The highest BCUT2D eigenvalue weighted by molar-refractivity contribution is 5.94. The standard InChI is InChI=1S/C16H16O4/c17-16(18)13-5-4-12-10-14(7-6-11(12)9-13)20-15-3-1-2-8-19-15/h4-7,9-10,15H,1-3,8H2,(H,17,18). The zero-order valence-corrected chi connectivity index (χ0v) is 11.0. The molecule has 1 aliphatic heterocycles. The number of hydrogen-bond acceptors (Lipinski definition) is 3. The minimum atomic E-state index is -0.914. The van der Waals surface area contributed by atoms with Crippen LogP contribution in [0.2, 0.25) is 0 Å². The van der Waals surface area contributed by atoms with E-state index in [4.69, 9.17) is 14.6 Å². The predicted molar refractivity (Wildman–Crippen MR) is 75.1 cm³/mol. The maximum absolute atomic E-state index is 10.9. The van der Waals surface area contributed by atoms with Crippen LogP contribution in [-0.4, -0.2) is 24.0 Å². The van der Waals surface area contributed by atoms with Crippen molar-refractivity contribution in [2.75, 3.05) is 6.61 Å². The van der Waals surface area contributed by atoms with E-state index >= 15 is 0 Å². The van der Waals surface area contributed by atoms with Crippen LogP contribution in [0, 0.1) is 0 Å². The summed E-state index contributed by atoms with van der Waals surface area (Å²) >= 11 is 0. The second-order valence-electron chi connectivity index (χ2n) is 4.94. The van der Waals surface area contributed by atoms with Gasteiger partial charge in [-0.15, -0.1) is 0 Å². The summed E-state index contributed by atoms with van der Waals surface area (Å²) in [6.07, 6.45) is 2.96. The van der Waals surface area contributed by atoms with E-state index in [1.807, 2.05) is 18.2 Å². The SMILES string of the molecule is O=C(O)c1ccc2cc(OC3CCCCO3)ccc2c1. The van der Waals surface area contributed by atoms with Crippen molar-refractivity contribution in [3.63, 3.8) is 0 Å². The van der Waals surface area contributed by atoms with Gasteiger partial charge < -0.3 is 14.6 Å². The van der Waals surface area contributed by atoms with Crippen molar-refractivity contribution in [2.24, 2.45) is 0 Å². The molecule has 0 radical (unpaired) electrons. The number of carbonyl (C=O) groups is 1. The van der Waals surface area contributed by atoms with Crippen LogP contribution < -0.4 is 4.74 Å². The average Bonchev–Trinajstić information content (AvgIpc) is 2.47. The van der Waals surface area contributed by atoms with Crippen molar-refractivity contribution in [3.8, 4) is 5.75 Å². The number of ether oxygens (including phenoxy) is 2. The molecule has 104 valence electrons. The lowest BCUT2D eigenvalue weighted by Crippen LogP contribution is -2.24. The van der Waals surface area contributed by atoms with Crippen molar-refractivity contribution >= 4 is 16.7 Å². The summed E-state index contributed by atoms with van der Waals surface area (Å²) in [5.74, 6) is -0.157. The van der Waals surface area contributed by atoms with Gasteiger partial charge in [-0.2, -0.15) is 0 Å². The van der Waals surface area contributed by atoms with E-state index in [2.05, 4.69) is 0 Å². The van der Waals surface area contributed by atoms with Gasteiger partial charge in [-0.1, -0.05) is 12.1 Å². The topological polar surface area (TPSA) is 55.8 Å². The van der Waals surface area contributed by atoms with Crippen LogP contribution >= 0.6 is 0 Å². The van der Waals surface area contributed by atoms with Gasteiger partial charge in [0, 0.05) is 6.42 Å². The Balaban J connectivity index is 1.83. The number of benzene rings is 2. The first-order valence-electron chi connectivity index (χ1n) is 6.78. The molecule has 0 saturated carbocycles. The van der Waals surface area contributed by atoms with Gasteiger partial charge in [-0.25, -0.2) is 4.79 Å². The molecule has 2 aromatic rings. The molecule has 20 heavy (non-hydrogen) atoms. The molecule has 1 fully saturated rings. The maximum atomic E-state index is 10.9. The largest absolute Gasteiger partial charge is 0.478 e. The van der Waals surface area contributed by atoms with Gasteiger partial charge in [0.2, 0.25) is 0 Å². The smallest absolute Gasteiger partial charge is 0.335 e. The van der Waals surface area contributed by atoms with Gasteiger partial charge >= 0.3 is 5.97 Å². The molecule has 0 amide bonds. The molecule has 2 aromatic carbocycles. The summed E-state index contributed by atoms with van der Waals surface area (Å²) in [6.45, 7) is 0.750. The van der Waals surface area contributed by atoms with Gasteiger partial charge in [-0.3, -0.25) is 0 Å². The Bertz CT molecular complexity index is 629. The molecule has 0 aromatic heterocycles. The van der Waals surface area contributed by atoms with E-state index in [9.17, 15) is 4.79 Å². The lowest BCUT2D eigenvalue weighted by atomic mass is 10.1. The number of hydrogen-bond donors (Lipinski definition) is 1. The average molecular weight is 272 g/mol. The van der Waals surface area contributed by atoms with Crippen LogP contribution in [0.25, 0.3) is 10.8 Å². The first-order valence-corrected chi connectivity index (χ1v) is 6.78. The number of fused-ring (bicyclic) bond motifs is 1. The van der Waals surface area contributed by atoms with Gasteiger partial charge in [0.15, 0.2) is 6.29 Å². The molecule has 1 aliphatic rings. The number of carboxylic acid groups (broad SMARTS) is 1. The van der Waals surface area contributed by atoms with Crippen molar-refractivity contribution in [3.05, 3.63) is 42.0 Å². The van der Waals surface area contributed by atoms with Crippen LogP contribution in [0.1, 0.15) is 29.6 Å². The monoisotopic (exact) mass is 272 g/mol. The molecule has 1 heterocycles. The molecule has 3 rings (SSSR count). The third-order valence-electron chi connectivity index (χ3n) is 3.46. The van der Waals surface area contributed by atoms with Crippen molar-refractivity contribution in [1.82, 2.24) is 0 Å². The molecule has 1 atom stereocenters. The molecular weight excluding hydrogens is 256 g/mol. The highest BCUT2D eigenvalue weighted by Gasteiger charge is 2.15. The second-order valence-corrected chi connectivity index (χ2v) is 4.94. The van der Waals surface area contributed by atoms with E-state index < -0.39 is 5.97 Å². The number of rotatable bonds is 3. The lowest BCUT2D eigenvalue weighted by Gasteiger charge is -2.23. The van der Waals surface area contributed by atoms with Crippen LogP contribution in [0.15, 0.2) is 36.4 Å². The Morgan fingerprint density at radius 1 is 1.15 bits per heavy atom. The highest BCUT2D eigenvalue weighted by atomic mass is 16.7. The molecule has 0 aliphatic carbocycles. The van der Waals surface area contributed by atoms with Crippen LogP contribution in [0.5, 0.6) is 5.75 Å². The molecule has 4 nitrogen and oxygen atoms in total. The van der Waals surface area contributed by atoms with Crippen LogP contribution in [0.3, 0.4) is 0 Å². The van der Waals surface area contributed by atoms with Crippen molar-refractivity contribution in [2.45, 2.75) is 25.6 Å². The van der Waals surface area contributed by atoms with Crippen molar-refractivity contribution < 1.29 is 19.4 Å². The predicted octanol–water partition coefficient (Wildman–Crippen LogP) is 3.44. The minimum Gasteiger partial charge on any atom is -0.478 e. The Kier molecular flexibility index (Phi) is 3.56. The van der Waals surface area contributed by atoms with Gasteiger partial charge in [0.25, 0.3) is 0 Å². The van der Waals surface area contributed by atoms with Crippen LogP contribution in [-0.2, 0) is 4.74 Å². The summed E-state index contributed by atoms with van der Waals surface area (Å²) in [7, 11) is 0. The summed E-state index contributed by atoms with van der Waals surface area (Å²) in [5, 5.41) is 10.8. The lowest BCUT2D eigenvalue weighted by molar-refractivity contribution is -0.105. The third-order valence-corrected chi connectivity index (χ3v) is 3.46. The Hall–Kier alpha value is -2.07. The van der Waals surface area contributed by atoms with E-state index in [1.165, 1.54) is 0 Å². The van der Waals surface area contributed by atoms with Gasteiger partial charge in [0.1, 0.15) is 5.75 Å². The summed E-state index contributed by atoms with van der Waals surface area (Å²) in [4.78, 5) is 10.9. The molecule has 0 bridgehead atoms. The highest BCUT2D eigenvalue weighted by Crippen LogP contribution is 2.25. The molecule has 1 saturated heterocycles. The molecule has 1 N–H and O–H groups in total. The summed E-state index contributed by atoms with van der Waals surface area (Å²) in [6, 6.07) is 10.7. The quantitative estimate of drug-likeness (QED) is 0.929. The second kappa shape index (κ2) is 5.51. The fourth-order valence-corrected chi connectivity index (χ4v) is 2.39. The minimum absolute atomic E-state index is 0.167. The van der Waals surface area contributed by atoms with Crippen molar-refractivity contribution in [1.29, 1.82) is 0 Å².